The van der Waals surface area contributed by atoms with Crippen LogP contribution in [0.1, 0.15) is 37.0 Å². The van der Waals surface area contributed by atoms with E-state index in [2.05, 4.69) is 34.1 Å². The molecule has 1 N–H and O–H groups in total. The van der Waals surface area contributed by atoms with Gasteiger partial charge in [-0.2, -0.15) is 5.06 Å². The first kappa shape index (κ1) is 28.5. The average molecular weight is 468 g/mol. The molecule has 5 nitrogen and oxygen atoms in total. The van der Waals surface area contributed by atoms with Crippen LogP contribution < -0.4 is 0 Å². The number of hydrogen-bond donors (Lipinski definition) is 1. The van der Waals surface area contributed by atoms with Crippen LogP contribution in [0, 0.1) is 5.82 Å². The van der Waals surface area contributed by atoms with Gasteiger partial charge in [0.2, 0.25) is 0 Å². The van der Waals surface area contributed by atoms with Gasteiger partial charge in [-0.15, -0.1) is 0 Å². The van der Waals surface area contributed by atoms with E-state index in [1.165, 1.54) is 17.2 Å². The van der Waals surface area contributed by atoms with Crippen molar-refractivity contribution in [3.8, 4) is 0 Å². The highest BCUT2D eigenvalue weighted by Gasteiger charge is 2.15. The summed E-state index contributed by atoms with van der Waals surface area (Å²) in [7, 11) is 5.09. The minimum absolute atomic E-state index is 0.248. The fourth-order valence-electron chi connectivity index (χ4n) is 3.37. The molecule has 0 amide bonds. The molecule has 0 atom stereocenters. The molecule has 2 aromatic carbocycles. The Bertz CT molecular complexity index is 750. The molecule has 0 aromatic heterocycles. The number of nitrogens with zero attached hydrogens (tertiary/aromatic N) is 3. The summed E-state index contributed by atoms with van der Waals surface area (Å²) in [6.45, 7) is 9.54. The van der Waals surface area contributed by atoms with Gasteiger partial charge in [0.25, 0.3) is 0 Å². The van der Waals surface area contributed by atoms with E-state index >= 15 is 0 Å². The van der Waals surface area contributed by atoms with Gasteiger partial charge < -0.3 is 10.0 Å². The highest BCUT2D eigenvalue weighted by molar-refractivity contribution is 6.31. The Hall–Kier alpha value is -1.54. The molecule has 1 fully saturated rings. The van der Waals surface area contributed by atoms with Gasteiger partial charge in [-0.05, 0) is 43.8 Å². The number of halogens is 2. The topological polar surface area (TPSA) is 39.2 Å². The number of hydroxylamine groups is 2. The van der Waals surface area contributed by atoms with Crippen LogP contribution in [0.5, 0.6) is 0 Å². The minimum atomic E-state index is -0.248. The standard InChI is InChI=1S/C22H29ClFN3O.C2H6.CH4O/c1-25(2)11-12-26(17-20-21(23)8-4-9-22(20)24)15-18-6-3-7-19(14-18)16-27-10-5-13-28-27;2*1-2/h3-4,6-9,14H,5,10-13,15-17H2,1-2H3;1-2H3;2H,1H3. The third-order valence-corrected chi connectivity index (χ3v) is 5.24. The summed E-state index contributed by atoms with van der Waals surface area (Å²) in [5.74, 6) is -0.248. The molecular weight excluding hydrogens is 429 g/mol. The monoisotopic (exact) mass is 467 g/mol. The first-order chi connectivity index (χ1) is 15.5. The van der Waals surface area contributed by atoms with Gasteiger partial charge in [0.05, 0.1) is 6.61 Å². The molecule has 7 heteroatoms. The summed E-state index contributed by atoms with van der Waals surface area (Å²) in [6.07, 6.45) is 1.08. The Morgan fingerprint density at radius 2 is 1.72 bits per heavy atom. The smallest absolute Gasteiger partial charge is 0.129 e. The molecule has 1 aliphatic rings. The van der Waals surface area contributed by atoms with Crippen molar-refractivity contribution < 1.29 is 14.3 Å². The van der Waals surface area contributed by atoms with Crippen molar-refractivity contribution in [2.75, 3.05) is 47.4 Å². The number of aliphatic hydroxyl groups excluding tert-OH is 1. The van der Waals surface area contributed by atoms with Crippen LogP contribution >= 0.6 is 11.6 Å². The molecule has 3 rings (SSSR count). The zero-order valence-corrected chi connectivity index (χ0v) is 20.9. The second kappa shape index (κ2) is 16.1. The quantitative estimate of drug-likeness (QED) is 0.572. The molecule has 180 valence electrons. The molecule has 1 aliphatic heterocycles. The van der Waals surface area contributed by atoms with E-state index in [1.54, 1.807) is 12.1 Å². The zero-order chi connectivity index (χ0) is 23.9. The molecule has 0 aliphatic carbocycles. The third kappa shape index (κ3) is 9.94. The molecule has 0 unspecified atom stereocenters. The normalized spacial score (nSPS) is 13.6. The molecule has 0 radical (unpaired) electrons. The summed E-state index contributed by atoms with van der Waals surface area (Å²) < 4.78 is 14.3. The van der Waals surface area contributed by atoms with Gasteiger partial charge in [-0.25, -0.2) is 4.39 Å². The van der Waals surface area contributed by atoms with E-state index in [0.29, 0.717) is 17.1 Å². The first-order valence-electron chi connectivity index (χ1n) is 11.2. The van der Waals surface area contributed by atoms with Gasteiger partial charge in [0, 0.05) is 57.0 Å². The van der Waals surface area contributed by atoms with Crippen molar-refractivity contribution >= 4 is 11.6 Å². The first-order valence-corrected chi connectivity index (χ1v) is 11.6. The second-order valence-corrected chi connectivity index (χ2v) is 7.99. The van der Waals surface area contributed by atoms with Crippen molar-refractivity contribution in [1.29, 1.82) is 0 Å². The van der Waals surface area contributed by atoms with Gasteiger partial charge in [0.1, 0.15) is 5.82 Å². The lowest BCUT2D eigenvalue weighted by Crippen LogP contribution is -2.31. The Balaban J connectivity index is 0.00000121. The zero-order valence-electron chi connectivity index (χ0n) is 20.2. The van der Waals surface area contributed by atoms with E-state index in [4.69, 9.17) is 21.5 Å². The maximum atomic E-state index is 14.3. The maximum Gasteiger partial charge on any atom is 0.129 e. The number of benzene rings is 2. The highest BCUT2D eigenvalue weighted by Crippen LogP contribution is 2.22. The van der Waals surface area contributed by atoms with Gasteiger partial charge in [-0.3, -0.25) is 9.74 Å². The molecule has 2 aromatic rings. The molecule has 0 spiro atoms. The maximum absolute atomic E-state index is 14.3. The highest BCUT2D eigenvalue weighted by atomic mass is 35.5. The van der Waals surface area contributed by atoms with Crippen LogP contribution in [0.15, 0.2) is 42.5 Å². The lowest BCUT2D eigenvalue weighted by molar-refractivity contribution is -0.117. The van der Waals surface area contributed by atoms with E-state index in [1.807, 2.05) is 33.0 Å². The molecule has 32 heavy (non-hydrogen) atoms. The molecule has 0 bridgehead atoms. The van der Waals surface area contributed by atoms with Gasteiger partial charge >= 0.3 is 0 Å². The molecule has 1 saturated heterocycles. The van der Waals surface area contributed by atoms with Crippen molar-refractivity contribution in [3.05, 3.63) is 70.0 Å². The fourth-order valence-corrected chi connectivity index (χ4v) is 3.60. The minimum Gasteiger partial charge on any atom is -0.400 e. The summed E-state index contributed by atoms with van der Waals surface area (Å²) in [6, 6.07) is 13.4. The third-order valence-electron chi connectivity index (χ3n) is 4.89. The summed E-state index contributed by atoms with van der Waals surface area (Å²) in [5, 5.41) is 9.50. The van der Waals surface area contributed by atoms with E-state index < -0.39 is 0 Å². The van der Waals surface area contributed by atoms with Crippen LogP contribution in [-0.2, 0) is 24.5 Å². The van der Waals surface area contributed by atoms with Gasteiger partial charge in [0.15, 0.2) is 0 Å². The summed E-state index contributed by atoms with van der Waals surface area (Å²) >= 11 is 6.26. The lowest BCUT2D eigenvalue weighted by atomic mass is 10.1. The number of likely N-dealkylation sites (N-methyl/N-ethyl adjacent to an activating group) is 1. The van der Waals surface area contributed by atoms with Gasteiger partial charge in [-0.1, -0.05) is 55.8 Å². The molecule has 1 heterocycles. The number of rotatable bonds is 9. The number of aliphatic hydroxyl groups is 1. The second-order valence-electron chi connectivity index (χ2n) is 7.58. The van der Waals surface area contributed by atoms with Crippen molar-refractivity contribution in [3.63, 3.8) is 0 Å². The Morgan fingerprint density at radius 1 is 1.03 bits per heavy atom. The van der Waals surface area contributed by atoms with Crippen LogP contribution in [0.4, 0.5) is 4.39 Å². The van der Waals surface area contributed by atoms with E-state index in [0.717, 1.165) is 52.9 Å². The molecular formula is C25H39ClFN3O2. The summed E-state index contributed by atoms with van der Waals surface area (Å²) in [4.78, 5) is 9.99. The predicted octanol–water partition coefficient (Wildman–Crippen LogP) is 4.81. The Kier molecular flexibility index (Phi) is 14.4. The van der Waals surface area contributed by atoms with Crippen molar-refractivity contribution in [2.24, 2.45) is 0 Å². The van der Waals surface area contributed by atoms with Crippen molar-refractivity contribution in [2.45, 2.75) is 39.9 Å². The fraction of sp³-hybridized carbons (Fsp3) is 0.520. The Labute approximate surface area is 198 Å². The van der Waals surface area contributed by atoms with Crippen molar-refractivity contribution in [1.82, 2.24) is 14.9 Å². The average Bonchev–Trinajstić information content (AvgIpc) is 3.30. The predicted molar refractivity (Wildman–Crippen MR) is 131 cm³/mol. The molecule has 0 saturated carbocycles. The summed E-state index contributed by atoms with van der Waals surface area (Å²) in [5.41, 5.74) is 3.00. The SMILES string of the molecule is CC.CN(C)CCN(Cc1cccc(CN2CCCO2)c1)Cc1c(F)cccc1Cl.CO. The lowest BCUT2D eigenvalue weighted by Gasteiger charge is -2.25. The van der Waals surface area contributed by atoms with Crippen LogP contribution in [0.3, 0.4) is 0 Å². The van der Waals surface area contributed by atoms with E-state index in [-0.39, 0.29) is 5.82 Å². The van der Waals surface area contributed by atoms with Crippen LogP contribution in [-0.4, -0.2) is 67.4 Å². The van der Waals surface area contributed by atoms with Crippen LogP contribution in [0.2, 0.25) is 5.02 Å². The Morgan fingerprint density at radius 3 is 2.34 bits per heavy atom. The van der Waals surface area contributed by atoms with E-state index in [9.17, 15) is 4.39 Å². The number of hydrogen-bond acceptors (Lipinski definition) is 5. The van der Waals surface area contributed by atoms with Crippen LogP contribution in [0.25, 0.3) is 0 Å². The largest absolute Gasteiger partial charge is 0.400 e.